The molecule has 0 atom stereocenters. The molecule has 0 aliphatic carbocycles. The molecular formula is C24H28N6O4S. The third-order valence-electron chi connectivity index (χ3n) is 5.85. The zero-order valence-electron chi connectivity index (χ0n) is 19.6. The van der Waals surface area contributed by atoms with E-state index in [1.807, 2.05) is 0 Å². The normalized spacial score (nSPS) is 14.0. The summed E-state index contributed by atoms with van der Waals surface area (Å²) in [5, 5.41) is 21.0. The summed E-state index contributed by atoms with van der Waals surface area (Å²) in [5.74, 6) is 0.315. The highest BCUT2D eigenvalue weighted by Gasteiger charge is 2.23. The van der Waals surface area contributed by atoms with Crippen LogP contribution in [0.2, 0.25) is 0 Å². The van der Waals surface area contributed by atoms with Gasteiger partial charge in [-0.1, -0.05) is 0 Å². The first kappa shape index (κ1) is 24.4. The second-order valence-electron chi connectivity index (χ2n) is 8.39. The summed E-state index contributed by atoms with van der Waals surface area (Å²) >= 11 is 0. The summed E-state index contributed by atoms with van der Waals surface area (Å²) in [7, 11) is -2.71. The minimum atomic E-state index is -4.13. The number of piperidine rings is 1. The number of sulfonamides is 1. The number of ether oxygens (including phenoxy) is 1. The van der Waals surface area contributed by atoms with Crippen LogP contribution in [0.4, 0.5) is 5.69 Å². The maximum absolute atomic E-state index is 13.1. The molecule has 11 heteroatoms. The number of nitrogens with two attached hydrogens (primary N) is 1. The number of rotatable bonds is 6. The molecule has 0 spiro atoms. The molecule has 2 heterocycles. The first-order chi connectivity index (χ1) is 16.7. The van der Waals surface area contributed by atoms with Crippen LogP contribution in [0.1, 0.15) is 41.0 Å². The van der Waals surface area contributed by atoms with Crippen molar-refractivity contribution in [2.75, 3.05) is 25.5 Å². The number of likely N-dealkylation sites (tertiary alicyclic amines) is 1. The minimum absolute atomic E-state index is 0.136. The third-order valence-corrected chi connectivity index (χ3v) is 6.79. The molecule has 35 heavy (non-hydrogen) atoms. The molecule has 2 aromatic carbocycles. The summed E-state index contributed by atoms with van der Waals surface area (Å²) in [6.45, 7) is 3.47. The summed E-state index contributed by atoms with van der Waals surface area (Å²) in [5.41, 5.74) is 2.12. The molecule has 184 valence electrons. The average Bonchev–Trinajstić information content (AvgIpc) is 3.25. The molecule has 0 unspecified atom stereocenters. The second kappa shape index (κ2) is 9.88. The fourth-order valence-corrected chi connectivity index (χ4v) is 4.80. The number of hydrogen-bond acceptors (Lipinski definition) is 6. The molecule has 3 aromatic rings. The molecule has 0 bridgehead atoms. The van der Waals surface area contributed by atoms with Gasteiger partial charge in [0.1, 0.15) is 22.2 Å². The molecule has 4 rings (SSSR count). The van der Waals surface area contributed by atoms with Crippen molar-refractivity contribution in [2.45, 2.75) is 31.1 Å². The summed E-state index contributed by atoms with van der Waals surface area (Å²) in [6.07, 6.45) is 3.37. The number of carbonyl (C=O) groups is 1. The molecule has 1 aromatic heterocycles. The molecule has 1 aliphatic rings. The molecule has 1 fully saturated rings. The number of aromatic nitrogens is 2. The van der Waals surface area contributed by atoms with Crippen molar-refractivity contribution in [3.63, 3.8) is 0 Å². The molecule has 0 saturated carbocycles. The van der Waals surface area contributed by atoms with Crippen molar-refractivity contribution in [3.05, 3.63) is 65.5 Å². The van der Waals surface area contributed by atoms with Gasteiger partial charge in [0.25, 0.3) is 5.91 Å². The lowest BCUT2D eigenvalue weighted by Gasteiger charge is -2.29. The highest BCUT2D eigenvalue weighted by atomic mass is 32.2. The summed E-state index contributed by atoms with van der Waals surface area (Å²) in [4.78, 5) is 15.0. The Hall–Kier alpha value is -3.70. The zero-order valence-corrected chi connectivity index (χ0v) is 20.4. The van der Waals surface area contributed by atoms with Gasteiger partial charge in [0, 0.05) is 30.4 Å². The Morgan fingerprint density at radius 2 is 1.77 bits per heavy atom. The fraction of sp³-hybridized carbons (Fsp3) is 0.292. The van der Waals surface area contributed by atoms with Crippen molar-refractivity contribution in [1.82, 2.24) is 14.7 Å². The number of anilines is 1. The number of hydrogen-bond donors (Lipinski definition) is 3. The van der Waals surface area contributed by atoms with E-state index in [0.29, 0.717) is 23.0 Å². The SMILES string of the molecule is COc1ccc(-n2nc(C)cc2C(=O)Nc2ccc(C(=N)N3CCCCC3)cc2)c(S(N)(=O)=O)c1. The highest BCUT2D eigenvalue weighted by Crippen LogP contribution is 2.26. The number of nitrogens with zero attached hydrogens (tertiary/aromatic N) is 3. The number of nitrogens with one attached hydrogen (secondary N) is 2. The van der Waals surface area contributed by atoms with E-state index in [2.05, 4.69) is 15.3 Å². The van der Waals surface area contributed by atoms with Crippen LogP contribution < -0.4 is 15.2 Å². The molecule has 1 amide bonds. The lowest BCUT2D eigenvalue weighted by molar-refractivity contribution is 0.101. The Bertz CT molecular complexity index is 1360. The van der Waals surface area contributed by atoms with Gasteiger partial charge in [0.05, 0.1) is 18.5 Å². The van der Waals surface area contributed by atoms with Crippen molar-refractivity contribution < 1.29 is 17.9 Å². The van der Waals surface area contributed by atoms with Gasteiger partial charge < -0.3 is 15.0 Å². The van der Waals surface area contributed by atoms with Crippen LogP contribution in [0.25, 0.3) is 5.69 Å². The Morgan fingerprint density at radius 3 is 2.40 bits per heavy atom. The Kier molecular flexibility index (Phi) is 6.90. The largest absolute Gasteiger partial charge is 0.497 e. The predicted molar refractivity (Wildman–Crippen MR) is 133 cm³/mol. The lowest BCUT2D eigenvalue weighted by Crippen LogP contribution is -2.35. The van der Waals surface area contributed by atoms with Crippen LogP contribution in [0.3, 0.4) is 0 Å². The van der Waals surface area contributed by atoms with Crippen LogP contribution in [-0.4, -0.2) is 55.0 Å². The van der Waals surface area contributed by atoms with Crippen molar-refractivity contribution in [3.8, 4) is 11.4 Å². The van der Waals surface area contributed by atoms with E-state index in [1.54, 1.807) is 43.3 Å². The maximum Gasteiger partial charge on any atom is 0.274 e. The average molecular weight is 497 g/mol. The Balaban J connectivity index is 1.59. The smallest absolute Gasteiger partial charge is 0.274 e. The molecule has 10 nitrogen and oxygen atoms in total. The van der Waals surface area contributed by atoms with E-state index in [-0.39, 0.29) is 16.3 Å². The number of amidine groups is 1. The Labute approximate surface area is 204 Å². The third kappa shape index (κ3) is 5.36. The number of carbonyl (C=O) groups excluding carboxylic acids is 1. The van der Waals surface area contributed by atoms with Crippen molar-refractivity contribution >= 4 is 27.5 Å². The second-order valence-corrected chi connectivity index (χ2v) is 9.92. The molecular weight excluding hydrogens is 468 g/mol. The van der Waals surface area contributed by atoms with Gasteiger partial charge in [-0.3, -0.25) is 10.2 Å². The molecule has 1 aliphatic heterocycles. The van der Waals surface area contributed by atoms with Crippen molar-refractivity contribution in [2.24, 2.45) is 5.14 Å². The number of aryl methyl sites for hydroxylation is 1. The number of amides is 1. The van der Waals surface area contributed by atoms with Gasteiger partial charge >= 0.3 is 0 Å². The lowest BCUT2D eigenvalue weighted by atomic mass is 10.1. The number of primary sulfonamides is 1. The highest BCUT2D eigenvalue weighted by molar-refractivity contribution is 7.89. The first-order valence-corrected chi connectivity index (χ1v) is 12.7. The fourth-order valence-electron chi connectivity index (χ4n) is 4.08. The van der Waals surface area contributed by atoms with Crippen molar-refractivity contribution in [1.29, 1.82) is 5.41 Å². The molecule has 0 radical (unpaired) electrons. The maximum atomic E-state index is 13.1. The zero-order chi connectivity index (χ0) is 25.2. The van der Waals surface area contributed by atoms with Gasteiger partial charge in [-0.05, 0) is 68.7 Å². The van der Waals surface area contributed by atoms with E-state index < -0.39 is 15.9 Å². The minimum Gasteiger partial charge on any atom is -0.497 e. The van der Waals surface area contributed by atoms with E-state index in [0.717, 1.165) is 31.5 Å². The van der Waals surface area contributed by atoms with E-state index in [1.165, 1.54) is 30.3 Å². The van der Waals surface area contributed by atoms with Crippen LogP contribution in [-0.2, 0) is 10.0 Å². The van der Waals surface area contributed by atoms with E-state index in [4.69, 9.17) is 15.3 Å². The monoisotopic (exact) mass is 496 g/mol. The molecule has 1 saturated heterocycles. The number of methoxy groups -OCH3 is 1. The van der Waals surface area contributed by atoms with Gasteiger partial charge in [-0.15, -0.1) is 0 Å². The quantitative estimate of drug-likeness (QED) is 0.354. The first-order valence-electron chi connectivity index (χ1n) is 11.2. The predicted octanol–water partition coefficient (Wildman–Crippen LogP) is 2.90. The Morgan fingerprint density at radius 1 is 1.09 bits per heavy atom. The van der Waals surface area contributed by atoms with Gasteiger partial charge in [0.2, 0.25) is 10.0 Å². The van der Waals surface area contributed by atoms with Crippen LogP contribution in [0.5, 0.6) is 5.75 Å². The van der Waals surface area contributed by atoms with Crippen LogP contribution in [0.15, 0.2) is 53.4 Å². The van der Waals surface area contributed by atoms with Crippen LogP contribution in [0, 0.1) is 12.3 Å². The topological polar surface area (TPSA) is 143 Å². The van der Waals surface area contributed by atoms with E-state index >= 15 is 0 Å². The standard InChI is InChI=1S/C24H28N6O4S/c1-16-14-21(30(28-16)20-11-10-19(34-2)15-22(20)35(26,32)33)24(31)27-18-8-6-17(7-9-18)23(25)29-12-4-3-5-13-29/h6-11,14-15,25H,3-5,12-13H2,1-2H3,(H,27,31)(H2,26,32,33). The van der Waals surface area contributed by atoms with Crippen LogP contribution >= 0.6 is 0 Å². The summed E-state index contributed by atoms with van der Waals surface area (Å²) in [6, 6.07) is 13.0. The van der Waals surface area contributed by atoms with E-state index in [9.17, 15) is 13.2 Å². The van der Waals surface area contributed by atoms with Gasteiger partial charge in [0.15, 0.2) is 0 Å². The van der Waals surface area contributed by atoms with Gasteiger partial charge in [-0.2, -0.15) is 5.10 Å². The summed E-state index contributed by atoms with van der Waals surface area (Å²) < 4.78 is 30.8. The van der Waals surface area contributed by atoms with Gasteiger partial charge in [-0.25, -0.2) is 18.2 Å². The number of benzene rings is 2. The molecule has 4 N–H and O–H groups in total.